The fourth-order valence-electron chi connectivity index (χ4n) is 2.27. The predicted molar refractivity (Wildman–Crippen MR) is 73.3 cm³/mol. The van der Waals surface area contributed by atoms with Crippen molar-refractivity contribution in [1.29, 1.82) is 0 Å². The summed E-state index contributed by atoms with van der Waals surface area (Å²) in [4.78, 5) is 13.9. The van der Waals surface area contributed by atoms with Crippen molar-refractivity contribution in [2.45, 2.75) is 19.9 Å². The topological polar surface area (TPSA) is 38.8 Å². The third-order valence-corrected chi connectivity index (χ3v) is 3.70. The van der Waals surface area contributed by atoms with Gasteiger partial charge in [0.15, 0.2) is 0 Å². The van der Waals surface area contributed by atoms with Gasteiger partial charge in [0.25, 0.3) is 0 Å². The highest BCUT2D eigenvalue weighted by molar-refractivity contribution is 5.81. The fraction of sp³-hybridized carbons (Fsp3) is 0.533. The molecule has 4 nitrogen and oxygen atoms in total. The Morgan fingerprint density at radius 3 is 2.58 bits per heavy atom. The summed E-state index contributed by atoms with van der Waals surface area (Å²) in [5.41, 5.74) is 0.993. The third kappa shape index (κ3) is 3.00. The number of carbonyl (C=O) groups excluding carboxylic acids is 1. The molecule has 2 rings (SSSR count). The van der Waals surface area contributed by atoms with Gasteiger partial charge in [-0.05, 0) is 24.5 Å². The summed E-state index contributed by atoms with van der Waals surface area (Å²) in [6.45, 7) is 2.68. The number of amides is 1. The summed E-state index contributed by atoms with van der Waals surface area (Å²) in [6.07, 6.45) is 1.02. The van der Waals surface area contributed by atoms with Crippen LogP contribution in [0.1, 0.15) is 18.9 Å². The predicted octanol–water partition coefficient (Wildman–Crippen LogP) is 2.32. The molecule has 0 bridgehead atoms. The van der Waals surface area contributed by atoms with Gasteiger partial charge in [0.2, 0.25) is 5.91 Å². The third-order valence-electron chi connectivity index (χ3n) is 3.70. The van der Waals surface area contributed by atoms with Gasteiger partial charge in [-0.1, -0.05) is 6.92 Å². The minimum atomic E-state index is 0.217. The molecule has 1 saturated carbocycles. The van der Waals surface area contributed by atoms with Gasteiger partial charge in [0, 0.05) is 31.1 Å². The van der Waals surface area contributed by atoms with Crippen molar-refractivity contribution < 1.29 is 14.3 Å². The van der Waals surface area contributed by atoms with Gasteiger partial charge in [-0.3, -0.25) is 4.79 Å². The Balaban J connectivity index is 2.07. The lowest BCUT2D eigenvalue weighted by molar-refractivity contribution is -0.132. The second-order valence-corrected chi connectivity index (χ2v) is 5.19. The van der Waals surface area contributed by atoms with E-state index in [9.17, 15) is 4.79 Å². The maximum Gasteiger partial charge on any atom is 0.226 e. The normalized spacial score (nSPS) is 20.8. The van der Waals surface area contributed by atoms with Crippen LogP contribution in [-0.4, -0.2) is 32.1 Å². The molecule has 1 aliphatic rings. The average molecular weight is 263 g/mol. The summed E-state index contributed by atoms with van der Waals surface area (Å²) in [5.74, 6) is 2.49. The lowest BCUT2D eigenvalue weighted by Gasteiger charge is -2.19. The minimum absolute atomic E-state index is 0.217. The molecule has 2 atom stereocenters. The first-order valence-corrected chi connectivity index (χ1v) is 6.52. The van der Waals surface area contributed by atoms with E-state index in [1.807, 2.05) is 25.2 Å². The van der Waals surface area contributed by atoms with E-state index in [1.165, 1.54) is 0 Å². The SMILES string of the molecule is COc1ccc(CN(C)C(=O)C2CC2C)c(OC)c1. The Bertz CT molecular complexity index is 472. The molecule has 2 unspecified atom stereocenters. The molecule has 1 aromatic carbocycles. The van der Waals surface area contributed by atoms with Crippen LogP contribution in [0.5, 0.6) is 11.5 Å². The molecule has 0 saturated heterocycles. The number of methoxy groups -OCH3 is 2. The van der Waals surface area contributed by atoms with E-state index in [1.54, 1.807) is 19.1 Å². The van der Waals surface area contributed by atoms with Crippen molar-refractivity contribution >= 4 is 5.91 Å². The summed E-state index contributed by atoms with van der Waals surface area (Å²) < 4.78 is 10.5. The molecule has 0 heterocycles. The van der Waals surface area contributed by atoms with E-state index in [-0.39, 0.29) is 11.8 Å². The number of rotatable bonds is 5. The largest absolute Gasteiger partial charge is 0.497 e. The highest BCUT2D eigenvalue weighted by atomic mass is 16.5. The summed E-state index contributed by atoms with van der Waals surface area (Å²) in [6, 6.07) is 5.67. The van der Waals surface area contributed by atoms with Crippen LogP contribution in [0.25, 0.3) is 0 Å². The first-order valence-electron chi connectivity index (χ1n) is 6.52. The minimum Gasteiger partial charge on any atom is -0.497 e. The van der Waals surface area contributed by atoms with Gasteiger partial charge >= 0.3 is 0 Å². The van der Waals surface area contributed by atoms with Gasteiger partial charge in [-0.25, -0.2) is 0 Å². The van der Waals surface area contributed by atoms with Crippen molar-refractivity contribution in [1.82, 2.24) is 4.90 Å². The van der Waals surface area contributed by atoms with Gasteiger partial charge in [-0.2, -0.15) is 0 Å². The van der Waals surface area contributed by atoms with Crippen LogP contribution in [0.15, 0.2) is 18.2 Å². The van der Waals surface area contributed by atoms with Crippen LogP contribution in [-0.2, 0) is 11.3 Å². The average Bonchev–Trinajstić information content (AvgIpc) is 3.15. The lowest BCUT2D eigenvalue weighted by atomic mass is 10.1. The second kappa shape index (κ2) is 5.51. The van der Waals surface area contributed by atoms with Crippen molar-refractivity contribution in [3.63, 3.8) is 0 Å². The van der Waals surface area contributed by atoms with Crippen LogP contribution in [0.4, 0.5) is 0 Å². The summed E-state index contributed by atoms with van der Waals surface area (Å²) in [7, 11) is 5.10. The molecule has 1 amide bonds. The molecule has 0 radical (unpaired) electrons. The molecule has 4 heteroatoms. The molecule has 1 aromatic rings. The molecular weight excluding hydrogens is 242 g/mol. The standard InChI is InChI=1S/C15H21NO3/c1-10-7-13(10)15(17)16(2)9-11-5-6-12(18-3)8-14(11)19-4/h5-6,8,10,13H,7,9H2,1-4H3. The number of carbonyl (C=O) groups is 1. The first-order chi connectivity index (χ1) is 9.06. The van der Waals surface area contributed by atoms with Crippen molar-refractivity contribution in [3.05, 3.63) is 23.8 Å². The van der Waals surface area contributed by atoms with Crippen LogP contribution < -0.4 is 9.47 Å². The molecule has 0 aromatic heterocycles. The van der Waals surface area contributed by atoms with Crippen LogP contribution in [0.3, 0.4) is 0 Å². The Kier molecular flexibility index (Phi) is 3.98. The summed E-state index contributed by atoms with van der Waals surface area (Å²) in [5, 5.41) is 0. The number of nitrogens with zero attached hydrogens (tertiary/aromatic N) is 1. The Morgan fingerprint density at radius 1 is 1.37 bits per heavy atom. The van der Waals surface area contributed by atoms with E-state index < -0.39 is 0 Å². The van der Waals surface area contributed by atoms with Gasteiger partial charge < -0.3 is 14.4 Å². The fourth-order valence-corrected chi connectivity index (χ4v) is 2.27. The molecular formula is C15H21NO3. The molecule has 104 valence electrons. The number of benzene rings is 1. The number of ether oxygens (including phenoxy) is 2. The molecule has 0 aliphatic heterocycles. The maximum absolute atomic E-state index is 12.1. The summed E-state index contributed by atoms with van der Waals surface area (Å²) >= 11 is 0. The molecule has 0 spiro atoms. The van der Waals surface area contributed by atoms with Crippen LogP contribution in [0, 0.1) is 11.8 Å². The number of hydrogen-bond donors (Lipinski definition) is 0. The van der Waals surface area contributed by atoms with Crippen LogP contribution >= 0.6 is 0 Å². The zero-order valence-electron chi connectivity index (χ0n) is 12.0. The molecule has 1 aliphatic carbocycles. The first kappa shape index (κ1) is 13.7. The van der Waals surface area contributed by atoms with Gasteiger partial charge in [-0.15, -0.1) is 0 Å². The smallest absolute Gasteiger partial charge is 0.226 e. The molecule has 1 fully saturated rings. The van der Waals surface area contributed by atoms with Crippen LogP contribution in [0.2, 0.25) is 0 Å². The highest BCUT2D eigenvalue weighted by Crippen LogP contribution is 2.39. The van der Waals surface area contributed by atoms with E-state index in [0.29, 0.717) is 12.5 Å². The Labute approximate surface area is 114 Å². The quantitative estimate of drug-likeness (QED) is 0.818. The zero-order valence-corrected chi connectivity index (χ0v) is 12.0. The Morgan fingerprint density at radius 2 is 2.05 bits per heavy atom. The zero-order chi connectivity index (χ0) is 14.0. The van der Waals surface area contributed by atoms with E-state index in [2.05, 4.69) is 6.92 Å². The monoisotopic (exact) mass is 263 g/mol. The van der Waals surface area contributed by atoms with Crippen molar-refractivity contribution in [2.75, 3.05) is 21.3 Å². The second-order valence-electron chi connectivity index (χ2n) is 5.19. The lowest BCUT2D eigenvalue weighted by Crippen LogP contribution is -2.28. The maximum atomic E-state index is 12.1. The number of hydrogen-bond acceptors (Lipinski definition) is 3. The van der Waals surface area contributed by atoms with Gasteiger partial charge in [0.1, 0.15) is 11.5 Å². The molecule has 0 N–H and O–H groups in total. The highest BCUT2D eigenvalue weighted by Gasteiger charge is 2.40. The molecule has 19 heavy (non-hydrogen) atoms. The van der Waals surface area contributed by atoms with Crippen molar-refractivity contribution in [3.8, 4) is 11.5 Å². The van der Waals surface area contributed by atoms with Crippen molar-refractivity contribution in [2.24, 2.45) is 11.8 Å². The Hall–Kier alpha value is -1.71. The van der Waals surface area contributed by atoms with E-state index in [4.69, 9.17) is 9.47 Å². The van der Waals surface area contributed by atoms with Gasteiger partial charge in [0.05, 0.1) is 14.2 Å². The van der Waals surface area contributed by atoms with E-state index in [0.717, 1.165) is 23.5 Å². The van der Waals surface area contributed by atoms with E-state index >= 15 is 0 Å².